The fourth-order valence-electron chi connectivity index (χ4n) is 4.57. The van der Waals surface area contributed by atoms with Crippen molar-refractivity contribution in [2.75, 3.05) is 13.6 Å². The van der Waals surface area contributed by atoms with Gasteiger partial charge in [-0.05, 0) is 24.9 Å². The minimum absolute atomic E-state index is 0.00267. The van der Waals surface area contributed by atoms with Gasteiger partial charge in [0.2, 0.25) is 11.8 Å². The van der Waals surface area contributed by atoms with E-state index in [0.717, 1.165) is 31.4 Å². The molecule has 1 aromatic carbocycles. The van der Waals surface area contributed by atoms with Crippen LogP contribution in [0.3, 0.4) is 0 Å². The number of likely N-dealkylation sites (tertiary alicyclic amines) is 1. The highest BCUT2D eigenvalue weighted by molar-refractivity contribution is 6.06. The maximum Gasteiger partial charge on any atom is 0.234 e. The summed E-state index contributed by atoms with van der Waals surface area (Å²) in [7, 11) is 1.63. The van der Waals surface area contributed by atoms with Gasteiger partial charge in [0, 0.05) is 19.1 Å². The van der Waals surface area contributed by atoms with E-state index in [4.69, 9.17) is 0 Å². The SMILES string of the molecule is CN1C(=O)[C@@H]2[C@H](C1=O)[C@H]1CCCCN1[C@H]2/C=C/c1ccccc1. The summed E-state index contributed by atoms with van der Waals surface area (Å²) in [6.45, 7) is 0.992. The predicted octanol–water partition coefficient (Wildman–Crippen LogP) is 2.17. The van der Waals surface area contributed by atoms with Gasteiger partial charge >= 0.3 is 0 Å². The van der Waals surface area contributed by atoms with Gasteiger partial charge in [0.25, 0.3) is 0 Å². The number of carbonyl (C=O) groups is 2. The molecule has 3 fully saturated rings. The monoisotopic (exact) mass is 310 g/mol. The van der Waals surface area contributed by atoms with Gasteiger partial charge in [-0.3, -0.25) is 19.4 Å². The van der Waals surface area contributed by atoms with Crippen LogP contribution < -0.4 is 0 Å². The molecule has 2 amide bonds. The second kappa shape index (κ2) is 5.60. The quantitative estimate of drug-likeness (QED) is 0.786. The molecule has 3 heterocycles. The molecule has 23 heavy (non-hydrogen) atoms. The maximum atomic E-state index is 12.6. The van der Waals surface area contributed by atoms with E-state index in [1.165, 1.54) is 4.90 Å². The average Bonchev–Trinajstić information content (AvgIpc) is 3.03. The van der Waals surface area contributed by atoms with Crippen molar-refractivity contribution in [3.8, 4) is 0 Å². The van der Waals surface area contributed by atoms with Crippen LogP contribution in [0.1, 0.15) is 24.8 Å². The number of amides is 2. The lowest BCUT2D eigenvalue weighted by Crippen LogP contribution is -2.45. The van der Waals surface area contributed by atoms with Crippen LogP contribution in [0.2, 0.25) is 0 Å². The topological polar surface area (TPSA) is 40.6 Å². The number of hydrogen-bond acceptors (Lipinski definition) is 3. The molecule has 4 atom stereocenters. The summed E-state index contributed by atoms with van der Waals surface area (Å²) in [4.78, 5) is 28.9. The van der Waals surface area contributed by atoms with Crippen molar-refractivity contribution < 1.29 is 9.59 Å². The summed E-state index contributed by atoms with van der Waals surface area (Å²) in [5.41, 5.74) is 1.13. The van der Waals surface area contributed by atoms with Gasteiger partial charge in [0.1, 0.15) is 0 Å². The molecular formula is C19H22N2O2. The van der Waals surface area contributed by atoms with E-state index < -0.39 is 0 Å². The second-order valence-electron chi connectivity index (χ2n) is 6.85. The van der Waals surface area contributed by atoms with Crippen LogP contribution in [-0.4, -0.2) is 47.3 Å². The Bertz CT molecular complexity index is 655. The van der Waals surface area contributed by atoms with E-state index in [-0.39, 0.29) is 35.7 Å². The largest absolute Gasteiger partial charge is 0.292 e. The summed E-state index contributed by atoms with van der Waals surface area (Å²) in [6.07, 6.45) is 7.58. The van der Waals surface area contributed by atoms with Crippen molar-refractivity contribution in [2.24, 2.45) is 11.8 Å². The van der Waals surface area contributed by atoms with Crippen LogP contribution in [0.5, 0.6) is 0 Å². The molecule has 120 valence electrons. The van der Waals surface area contributed by atoms with E-state index >= 15 is 0 Å². The molecular weight excluding hydrogens is 288 g/mol. The number of nitrogens with zero attached hydrogens (tertiary/aromatic N) is 2. The van der Waals surface area contributed by atoms with Crippen molar-refractivity contribution in [2.45, 2.75) is 31.3 Å². The molecule has 4 heteroatoms. The number of imide groups is 1. The number of piperidine rings is 1. The second-order valence-corrected chi connectivity index (χ2v) is 6.85. The van der Waals surface area contributed by atoms with Gasteiger partial charge in [-0.15, -0.1) is 0 Å². The molecule has 0 spiro atoms. The first-order valence-electron chi connectivity index (χ1n) is 8.49. The Morgan fingerprint density at radius 1 is 1.04 bits per heavy atom. The third kappa shape index (κ3) is 2.24. The third-order valence-corrected chi connectivity index (χ3v) is 5.66. The van der Waals surface area contributed by atoms with Crippen molar-refractivity contribution in [1.29, 1.82) is 0 Å². The fraction of sp³-hybridized carbons (Fsp3) is 0.474. The first-order valence-corrected chi connectivity index (χ1v) is 8.49. The van der Waals surface area contributed by atoms with E-state index in [0.29, 0.717) is 0 Å². The molecule has 3 aliphatic heterocycles. The number of fused-ring (bicyclic) bond motifs is 3. The van der Waals surface area contributed by atoms with Crippen LogP contribution in [0, 0.1) is 11.8 Å². The molecule has 1 aromatic rings. The minimum atomic E-state index is -0.199. The molecule has 3 saturated heterocycles. The van der Waals surface area contributed by atoms with Crippen LogP contribution in [0.15, 0.2) is 36.4 Å². The lowest BCUT2D eigenvalue weighted by Gasteiger charge is -2.35. The van der Waals surface area contributed by atoms with Crippen LogP contribution in [-0.2, 0) is 9.59 Å². The predicted molar refractivity (Wildman–Crippen MR) is 88.4 cm³/mol. The molecule has 0 unspecified atom stereocenters. The number of carbonyl (C=O) groups excluding carboxylic acids is 2. The summed E-state index contributed by atoms with van der Waals surface area (Å²) in [5, 5.41) is 0. The maximum absolute atomic E-state index is 12.6. The van der Waals surface area contributed by atoms with Crippen molar-refractivity contribution in [1.82, 2.24) is 9.80 Å². The highest BCUT2D eigenvalue weighted by atomic mass is 16.2. The highest BCUT2D eigenvalue weighted by Gasteiger charge is 2.60. The van der Waals surface area contributed by atoms with Crippen LogP contribution in [0.25, 0.3) is 6.08 Å². The number of rotatable bonds is 2. The lowest BCUT2D eigenvalue weighted by molar-refractivity contribution is -0.139. The summed E-state index contributed by atoms with van der Waals surface area (Å²) < 4.78 is 0. The van der Waals surface area contributed by atoms with Gasteiger partial charge in [-0.25, -0.2) is 0 Å². The Balaban J connectivity index is 1.68. The zero-order valence-electron chi connectivity index (χ0n) is 13.4. The first-order chi connectivity index (χ1) is 11.2. The van der Waals surface area contributed by atoms with Gasteiger partial charge in [-0.2, -0.15) is 0 Å². The van der Waals surface area contributed by atoms with E-state index in [1.54, 1.807) is 7.05 Å². The first kappa shape index (κ1) is 14.6. The molecule has 0 saturated carbocycles. The molecule has 3 aliphatic rings. The van der Waals surface area contributed by atoms with Gasteiger partial charge in [-0.1, -0.05) is 48.9 Å². The van der Waals surface area contributed by atoms with Crippen molar-refractivity contribution in [3.63, 3.8) is 0 Å². The zero-order valence-corrected chi connectivity index (χ0v) is 13.4. The molecule has 0 aromatic heterocycles. The Morgan fingerprint density at radius 2 is 1.78 bits per heavy atom. The number of benzene rings is 1. The molecule has 4 rings (SSSR count). The Kier molecular flexibility index (Phi) is 3.57. The Morgan fingerprint density at radius 3 is 2.57 bits per heavy atom. The third-order valence-electron chi connectivity index (χ3n) is 5.66. The summed E-state index contributed by atoms with van der Waals surface area (Å²) in [6, 6.07) is 10.4. The van der Waals surface area contributed by atoms with Gasteiger partial charge < -0.3 is 0 Å². The lowest BCUT2D eigenvalue weighted by atomic mass is 9.87. The zero-order chi connectivity index (χ0) is 16.0. The minimum Gasteiger partial charge on any atom is -0.292 e. The summed E-state index contributed by atoms with van der Waals surface area (Å²) >= 11 is 0. The standard InChI is InChI=1S/C19H22N2O2/c1-20-18(22)16-14-9-5-6-12-21(14)15(17(16)19(20)23)11-10-13-7-3-2-4-8-13/h2-4,7-8,10-11,14-17H,5-6,9,12H2,1H3/b11-10+/t14-,15+,16-,17+/m1/s1. The average molecular weight is 310 g/mol. The molecule has 0 aliphatic carbocycles. The Labute approximate surface area is 136 Å². The molecule has 0 bridgehead atoms. The van der Waals surface area contributed by atoms with E-state index in [2.05, 4.69) is 29.2 Å². The van der Waals surface area contributed by atoms with Crippen molar-refractivity contribution >= 4 is 17.9 Å². The number of hydrogen-bond donors (Lipinski definition) is 0. The molecule has 4 nitrogen and oxygen atoms in total. The normalized spacial score (nSPS) is 34.2. The van der Waals surface area contributed by atoms with E-state index in [9.17, 15) is 9.59 Å². The Hall–Kier alpha value is -1.94. The smallest absolute Gasteiger partial charge is 0.234 e. The highest BCUT2D eigenvalue weighted by Crippen LogP contribution is 2.45. The molecule has 0 N–H and O–H groups in total. The van der Waals surface area contributed by atoms with Crippen LogP contribution >= 0.6 is 0 Å². The van der Waals surface area contributed by atoms with Crippen molar-refractivity contribution in [3.05, 3.63) is 42.0 Å². The fourth-order valence-corrected chi connectivity index (χ4v) is 4.57. The van der Waals surface area contributed by atoms with E-state index in [1.807, 2.05) is 18.2 Å². The molecule has 0 radical (unpaired) electrons. The van der Waals surface area contributed by atoms with Gasteiger partial charge in [0.15, 0.2) is 0 Å². The summed E-state index contributed by atoms with van der Waals surface area (Å²) in [5.74, 6) is -0.321. The van der Waals surface area contributed by atoms with Gasteiger partial charge in [0.05, 0.1) is 11.8 Å². The van der Waals surface area contributed by atoms with Crippen LogP contribution in [0.4, 0.5) is 0 Å².